The molecule has 0 aliphatic carbocycles. The largest absolute Gasteiger partial charge is 0.467 e. The first-order valence-electron chi connectivity index (χ1n) is 5.65. The van der Waals surface area contributed by atoms with Crippen molar-refractivity contribution in [2.45, 2.75) is 27.3 Å². The fraction of sp³-hybridized carbons (Fsp3) is 0.583. The third kappa shape index (κ3) is 4.40. The number of nitrogens with two attached hydrogens (primary N) is 1. The number of rotatable bonds is 5. The lowest BCUT2D eigenvalue weighted by atomic mass is 10.2. The van der Waals surface area contributed by atoms with Crippen molar-refractivity contribution in [2.75, 3.05) is 13.1 Å². The first kappa shape index (κ1) is 16.0. The topological polar surface area (TPSA) is 59.5 Å². The Bertz CT molecular complexity index is 350. The molecule has 1 heterocycles. The van der Waals surface area contributed by atoms with Crippen LogP contribution in [0.4, 0.5) is 0 Å². The van der Waals surface area contributed by atoms with Gasteiger partial charge in [-0.25, -0.2) is 0 Å². The van der Waals surface area contributed by atoms with Gasteiger partial charge in [0, 0.05) is 13.1 Å². The molecule has 0 aliphatic rings. The second kappa shape index (κ2) is 7.35. The van der Waals surface area contributed by atoms with Crippen molar-refractivity contribution < 1.29 is 9.21 Å². The standard InChI is InChI=1S/C12H20N2O2.ClH/c1-4-14(7-9(2)3)12(15)10-5-11(6-13)16-8-10;/h5,8-9H,4,6-7,13H2,1-3H3;1H. The first-order chi connectivity index (χ1) is 7.58. The van der Waals surface area contributed by atoms with Gasteiger partial charge < -0.3 is 15.1 Å². The van der Waals surface area contributed by atoms with Gasteiger partial charge in [-0.1, -0.05) is 13.8 Å². The van der Waals surface area contributed by atoms with Gasteiger partial charge in [-0.3, -0.25) is 4.79 Å². The minimum absolute atomic E-state index is 0. The van der Waals surface area contributed by atoms with Crippen LogP contribution in [-0.4, -0.2) is 23.9 Å². The number of hydrogen-bond donors (Lipinski definition) is 1. The Kier molecular flexibility index (Phi) is 6.92. The smallest absolute Gasteiger partial charge is 0.257 e. The van der Waals surface area contributed by atoms with E-state index < -0.39 is 0 Å². The van der Waals surface area contributed by atoms with Crippen LogP contribution in [0.25, 0.3) is 0 Å². The Morgan fingerprint density at radius 3 is 2.59 bits per heavy atom. The maximum Gasteiger partial charge on any atom is 0.257 e. The Balaban J connectivity index is 0.00000256. The summed E-state index contributed by atoms with van der Waals surface area (Å²) in [5.74, 6) is 1.12. The van der Waals surface area contributed by atoms with Gasteiger partial charge in [0.15, 0.2) is 0 Å². The van der Waals surface area contributed by atoms with Gasteiger partial charge in [-0.2, -0.15) is 0 Å². The SMILES string of the molecule is CCN(CC(C)C)C(=O)c1coc(CN)c1.Cl. The molecular weight excluding hydrogens is 240 g/mol. The monoisotopic (exact) mass is 260 g/mol. The summed E-state index contributed by atoms with van der Waals surface area (Å²) in [6.45, 7) is 7.96. The maximum absolute atomic E-state index is 12.1. The highest BCUT2D eigenvalue weighted by Gasteiger charge is 2.17. The molecule has 0 radical (unpaired) electrons. The average molecular weight is 261 g/mol. The molecule has 0 bridgehead atoms. The van der Waals surface area contributed by atoms with Crippen molar-refractivity contribution in [1.82, 2.24) is 4.90 Å². The van der Waals surface area contributed by atoms with Gasteiger partial charge in [0.05, 0.1) is 12.1 Å². The fourth-order valence-corrected chi connectivity index (χ4v) is 1.58. The summed E-state index contributed by atoms with van der Waals surface area (Å²) >= 11 is 0. The molecule has 17 heavy (non-hydrogen) atoms. The lowest BCUT2D eigenvalue weighted by molar-refractivity contribution is 0.0745. The van der Waals surface area contributed by atoms with E-state index in [1.807, 2.05) is 11.8 Å². The van der Waals surface area contributed by atoms with Crippen molar-refractivity contribution in [3.63, 3.8) is 0 Å². The number of amides is 1. The van der Waals surface area contributed by atoms with E-state index in [1.165, 1.54) is 6.26 Å². The molecule has 0 unspecified atom stereocenters. The Hall–Kier alpha value is -1.00. The van der Waals surface area contributed by atoms with Gasteiger partial charge in [0.25, 0.3) is 5.91 Å². The molecule has 0 fully saturated rings. The predicted molar refractivity (Wildman–Crippen MR) is 70.3 cm³/mol. The number of halogens is 1. The summed E-state index contributed by atoms with van der Waals surface area (Å²) in [6.07, 6.45) is 1.48. The Morgan fingerprint density at radius 1 is 1.53 bits per heavy atom. The molecule has 0 aliphatic heterocycles. The predicted octanol–water partition coefficient (Wildman–Crippen LogP) is 2.28. The zero-order valence-corrected chi connectivity index (χ0v) is 11.4. The molecule has 1 aromatic heterocycles. The van der Waals surface area contributed by atoms with Gasteiger partial charge in [-0.05, 0) is 18.9 Å². The lowest BCUT2D eigenvalue weighted by Gasteiger charge is -2.22. The third-order valence-corrected chi connectivity index (χ3v) is 2.36. The van der Waals surface area contributed by atoms with E-state index in [-0.39, 0.29) is 18.3 Å². The highest BCUT2D eigenvalue weighted by Crippen LogP contribution is 2.11. The molecule has 0 saturated carbocycles. The van der Waals surface area contributed by atoms with Crippen LogP contribution in [0.2, 0.25) is 0 Å². The van der Waals surface area contributed by atoms with Gasteiger partial charge in [0.1, 0.15) is 12.0 Å². The summed E-state index contributed by atoms with van der Waals surface area (Å²) in [4.78, 5) is 13.9. The van der Waals surface area contributed by atoms with Crippen LogP contribution >= 0.6 is 12.4 Å². The Labute approximate surface area is 109 Å². The van der Waals surface area contributed by atoms with E-state index in [9.17, 15) is 4.79 Å². The highest BCUT2D eigenvalue weighted by atomic mass is 35.5. The summed E-state index contributed by atoms with van der Waals surface area (Å²) in [5, 5.41) is 0. The number of nitrogens with zero attached hydrogens (tertiary/aromatic N) is 1. The maximum atomic E-state index is 12.1. The van der Waals surface area contributed by atoms with Crippen LogP contribution in [0.3, 0.4) is 0 Å². The third-order valence-electron chi connectivity index (χ3n) is 2.36. The first-order valence-corrected chi connectivity index (χ1v) is 5.65. The quantitative estimate of drug-likeness (QED) is 0.884. The average Bonchev–Trinajstić information content (AvgIpc) is 2.73. The molecule has 0 aromatic carbocycles. The summed E-state index contributed by atoms with van der Waals surface area (Å²) in [6, 6.07) is 1.71. The van der Waals surface area contributed by atoms with Crippen LogP contribution in [0.1, 0.15) is 36.9 Å². The molecule has 0 spiro atoms. The van der Waals surface area contributed by atoms with E-state index in [2.05, 4.69) is 13.8 Å². The van der Waals surface area contributed by atoms with Crippen molar-refractivity contribution in [3.8, 4) is 0 Å². The van der Waals surface area contributed by atoms with Gasteiger partial charge in [0.2, 0.25) is 0 Å². The zero-order chi connectivity index (χ0) is 12.1. The minimum Gasteiger partial charge on any atom is -0.467 e. The van der Waals surface area contributed by atoms with E-state index >= 15 is 0 Å². The zero-order valence-electron chi connectivity index (χ0n) is 10.6. The van der Waals surface area contributed by atoms with Gasteiger partial charge in [-0.15, -0.1) is 12.4 Å². The van der Waals surface area contributed by atoms with E-state index in [0.717, 1.165) is 6.54 Å². The normalized spacial score (nSPS) is 10.2. The summed E-state index contributed by atoms with van der Waals surface area (Å²) in [5.41, 5.74) is 6.02. The lowest BCUT2D eigenvalue weighted by Crippen LogP contribution is -2.33. The molecule has 1 rings (SSSR count). The molecule has 1 amide bonds. The highest BCUT2D eigenvalue weighted by molar-refractivity contribution is 5.94. The number of carbonyl (C=O) groups is 1. The van der Waals surface area contributed by atoms with Crippen molar-refractivity contribution >= 4 is 18.3 Å². The molecule has 1 aromatic rings. The van der Waals surface area contributed by atoms with Crippen LogP contribution < -0.4 is 5.73 Å². The molecule has 98 valence electrons. The number of carbonyl (C=O) groups excluding carboxylic acids is 1. The van der Waals surface area contributed by atoms with Crippen LogP contribution in [0.15, 0.2) is 16.7 Å². The second-order valence-electron chi connectivity index (χ2n) is 4.24. The van der Waals surface area contributed by atoms with Crippen LogP contribution in [0.5, 0.6) is 0 Å². The molecule has 2 N–H and O–H groups in total. The molecule has 4 nitrogen and oxygen atoms in total. The van der Waals surface area contributed by atoms with E-state index in [4.69, 9.17) is 10.2 Å². The van der Waals surface area contributed by atoms with Crippen LogP contribution in [0, 0.1) is 5.92 Å². The number of hydrogen-bond acceptors (Lipinski definition) is 3. The Morgan fingerprint density at radius 2 is 2.18 bits per heavy atom. The number of furan rings is 1. The fourth-order valence-electron chi connectivity index (χ4n) is 1.58. The molecule has 0 atom stereocenters. The minimum atomic E-state index is 0. The van der Waals surface area contributed by atoms with Crippen molar-refractivity contribution in [3.05, 3.63) is 23.7 Å². The van der Waals surface area contributed by atoms with E-state index in [1.54, 1.807) is 6.07 Å². The van der Waals surface area contributed by atoms with Crippen LogP contribution in [-0.2, 0) is 6.54 Å². The summed E-state index contributed by atoms with van der Waals surface area (Å²) in [7, 11) is 0. The van der Waals surface area contributed by atoms with Crippen molar-refractivity contribution in [1.29, 1.82) is 0 Å². The molecule has 0 saturated heterocycles. The second-order valence-corrected chi connectivity index (χ2v) is 4.24. The van der Waals surface area contributed by atoms with Crippen molar-refractivity contribution in [2.24, 2.45) is 11.7 Å². The van der Waals surface area contributed by atoms with Gasteiger partial charge >= 0.3 is 0 Å². The summed E-state index contributed by atoms with van der Waals surface area (Å²) < 4.78 is 5.16. The molecule has 5 heteroatoms. The molecular formula is C12H21ClN2O2. The van der Waals surface area contributed by atoms with E-state index in [0.29, 0.717) is 30.3 Å².